The number of aromatic nitrogens is 2. The fourth-order valence-electron chi connectivity index (χ4n) is 4.66. The van der Waals surface area contributed by atoms with E-state index in [-0.39, 0.29) is 5.91 Å². The second kappa shape index (κ2) is 6.82. The van der Waals surface area contributed by atoms with Crippen molar-refractivity contribution in [2.24, 2.45) is 0 Å². The number of rotatable bonds is 3. The Labute approximate surface area is 149 Å². The van der Waals surface area contributed by atoms with Gasteiger partial charge in [0.25, 0.3) is 5.91 Å². The molecule has 1 amide bonds. The van der Waals surface area contributed by atoms with Crippen LogP contribution in [0.2, 0.25) is 24.2 Å². The van der Waals surface area contributed by atoms with Crippen LogP contribution in [0.15, 0.2) is 18.2 Å². The second-order valence-corrected chi connectivity index (χ2v) is 12.8. The first-order valence-corrected chi connectivity index (χ1v) is 12.3. The maximum atomic E-state index is 12.6. The minimum absolute atomic E-state index is 0.0109. The monoisotopic (exact) mass is 357 g/mol. The smallest absolute Gasteiger partial charge is 0.267 e. The summed E-state index contributed by atoms with van der Waals surface area (Å²) < 4.78 is 5.14. The van der Waals surface area contributed by atoms with Crippen molar-refractivity contribution in [3.8, 4) is 5.88 Å². The number of nitrogens with one attached hydrogen (secondary N) is 2. The van der Waals surface area contributed by atoms with Crippen LogP contribution in [0.4, 0.5) is 0 Å². The second-order valence-electron chi connectivity index (χ2n) is 7.78. The van der Waals surface area contributed by atoms with Gasteiger partial charge in [-0.2, -0.15) is 4.98 Å². The molecule has 4 heterocycles. The molecule has 0 atom stereocenters. The summed E-state index contributed by atoms with van der Waals surface area (Å²) in [6.45, 7) is 0. The molecule has 134 valence electrons. The van der Waals surface area contributed by atoms with Crippen LogP contribution in [0.1, 0.15) is 42.6 Å². The number of aromatic amines is 1. The van der Waals surface area contributed by atoms with Crippen LogP contribution in [-0.4, -0.2) is 37.1 Å². The van der Waals surface area contributed by atoms with Crippen LogP contribution in [-0.2, 0) is 0 Å². The summed E-state index contributed by atoms with van der Waals surface area (Å²) in [5, 5.41) is 4.17. The van der Waals surface area contributed by atoms with E-state index in [9.17, 15) is 4.79 Å². The Hall–Kier alpha value is -1.82. The lowest BCUT2D eigenvalue weighted by Gasteiger charge is -2.41. The third kappa shape index (κ3) is 3.45. The molecule has 2 saturated heterocycles. The molecule has 25 heavy (non-hydrogen) atoms. The van der Waals surface area contributed by atoms with Gasteiger partial charge in [-0.15, -0.1) is 0 Å². The van der Waals surface area contributed by atoms with Crippen molar-refractivity contribution in [2.45, 2.75) is 62.3 Å². The normalized spacial score (nSPS) is 20.7. The molecular formula is C19H27N3O2Si. The number of H-pyrrole nitrogens is 1. The lowest BCUT2D eigenvalue weighted by molar-refractivity contribution is 0.0929. The number of methoxy groups -OCH3 is 1. The zero-order chi connectivity index (χ0) is 17.3. The Kier molecular flexibility index (Phi) is 4.54. The first-order chi connectivity index (χ1) is 12.2. The van der Waals surface area contributed by atoms with Crippen molar-refractivity contribution in [2.75, 3.05) is 7.11 Å². The number of hydrogen-bond acceptors (Lipinski definition) is 3. The van der Waals surface area contributed by atoms with Gasteiger partial charge in [0.15, 0.2) is 0 Å². The molecule has 4 rings (SSSR count). The van der Waals surface area contributed by atoms with Gasteiger partial charge in [-0.05, 0) is 25.0 Å². The molecule has 1 spiro atoms. The maximum absolute atomic E-state index is 12.6. The highest BCUT2D eigenvalue weighted by Gasteiger charge is 2.38. The SMILES string of the molecule is COc1ccc2cc(C(=O)NC3CC[Si]4(CCCCC4)CC3)[nH]c2n1. The van der Waals surface area contributed by atoms with E-state index >= 15 is 0 Å². The third-order valence-electron chi connectivity index (χ3n) is 6.20. The number of ether oxygens (including phenoxy) is 1. The van der Waals surface area contributed by atoms with E-state index < -0.39 is 8.07 Å². The van der Waals surface area contributed by atoms with Gasteiger partial charge in [0.2, 0.25) is 5.88 Å². The van der Waals surface area contributed by atoms with Crippen molar-refractivity contribution < 1.29 is 9.53 Å². The van der Waals surface area contributed by atoms with Gasteiger partial charge in [-0.1, -0.05) is 43.4 Å². The van der Waals surface area contributed by atoms with Gasteiger partial charge in [0.1, 0.15) is 11.3 Å². The topological polar surface area (TPSA) is 67.0 Å². The standard InChI is InChI=1S/C19H27N3O2Si/c1-24-17-6-5-14-13-16(21-18(14)22-17)19(23)20-15-7-11-25(12-8-15)9-3-2-4-10-25/h5-6,13,15H,2-4,7-12H2,1H3,(H,20,23)(H,21,22). The van der Waals surface area contributed by atoms with Crippen LogP contribution < -0.4 is 10.1 Å². The van der Waals surface area contributed by atoms with Gasteiger partial charge in [0.05, 0.1) is 15.2 Å². The van der Waals surface area contributed by atoms with Gasteiger partial charge < -0.3 is 15.0 Å². The van der Waals surface area contributed by atoms with Crippen LogP contribution in [0.25, 0.3) is 11.0 Å². The number of pyridine rings is 1. The van der Waals surface area contributed by atoms with Crippen molar-refractivity contribution in [3.05, 3.63) is 23.9 Å². The summed E-state index contributed by atoms with van der Waals surface area (Å²) in [5.74, 6) is 0.541. The zero-order valence-electron chi connectivity index (χ0n) is 14.9. The van der Waals surface area contributed by atoms with E-state index in [1.54, 1.807) is 7.11 Å². The maximum Gasteiger partial charge on any atom is 0.267 e. The van der Waals surface area contributed by atoms with Gasteiger partial charge in [0, 0.05) is 17.5 Å². The molecule has 0 unspecified atom stereocenters. The molecule has 0 aliphatic carbocycles. The molecule has 0 saturated carbocycles. The Morgan fingerprint density at radius 3 is 2.68 bits per heavy atom. The molecule has 0 aromatic carbocycles. The predicted molar refractivity (Wildman–Crippen MR) is 102 cm³/mol. The summed E-state index contributed by atoms with van der Waals surface area (Å²) in [4.78, 5) is 20.1. The first-order valence-electron chi connectivity index (χ1n) is 9.52. The Morgan fingerprint density at radius 1 is 1.20 bits per heavy atom. The first kappa shape index (κ1) is 16.6. The zero-order valence-corrected chi connectivity index (χ0v) is 15.9. The van der Waals surface area contributed by atoms with Crippen LogP contribution in [0.5, 0.6) is 5.88 Å². The summed E-state index contributed by atoms with van der Waals surface area (Å²) in [7, 11) is 0.632. The Balaban J connectivity index is 1.39. The molecule has 5 nitrogen and oxygen atoms in total. The van der Waals surface area contributed by atoms with Crippen LogP contribution in [0, 0.1) is 0 Å². The van der Waals surface area contributed by atoms with Crippen LogP contribution >= 0.6 is 0 Å². The number of amides is 1. The van der Waals surface area contributed by atoms with E-state index in [2.05, 4.69) is 15.3 Å². The van der Waals surface area contributed by atoms with Gasteiger partial charge in [-0.3, -0.25) is 4.79 Å². The molecule has 2 aromatic rings. The summed E-state index contributed by atoms with van der Waals surface area (Å²) in [6, 6.07) is 11.8. The molecule has 0 bridgehead atoms. The van der Waals surface area contributed by atoms with Crippen molar-refractivity contribution >= 4 is 25.0 Å². The molecular weight excluding hydrogens is 330 g/mol. The minimum Gasteiger partial charge on any atom is -0.481 e. The van der Waals surface area contributed by atoms with E-state index in [0.717, 1.165) is 5.39 Å². The highest BCUT2D eigenvalue weighted by atomic mass is 28.3. The largest absolute Gasteiger partial charge is 0.481 e. The summed E-state index contributed by atoms with van der Waals surface area (Å²) in [5.41, 5.74) is 1.28. The molecule has 2 fully saturated rings. The fraction of sp³-hybridized carbons (Fsp3) is 0.579. The van der Waals surface area contributed by atoms with Crippen molar-refractivity contribution in [1.29, 1.82) is 0 Å². The van der Waals surface area contributed by atoms with Crippen molar-refractivity contribution in [1.82, 2.24) is 15.3 Å². The molecule has 2 aromatic heterocycles. The van der Waals surface area contributed by atoms with Gasteiger partial charge >= 0.3 is 0 Å². The molecule has 0 radical (unpaired) electrons. The predicted octanol–water partition coefficient (Wildman–Crippen LogP) is 4.10. The van der Waals surface area contributed by atoms with Crippen LogP contribution in [0.3, 0.4) is 0 Å². The average molecular weight is 358 g/mol. The summed E-state index contributed by atoms with van der Waals surface area (Å²) >= 11 is 0. The Morgan fingerprint density at radius 2 is 1.96 bits per heavy atom. The Bertz CT molecular complexity index is 757. The number of nitrogens with zero attached hydrogens (tertiary/aromatic N) is 1. The number of carbonyl (C=O) groups excluding carboxylic acids is 1. The van der Waals surface area contributed by atoms with E-state index in [4.69, 9.17) is 4.74 Å². The third-order valence-corrected chi connectivity index (χ3v) is 11.7. The molecule has 2 aliphatic heterocycles. The van der Waals surface area contributed by atoms with E-state index in [1.165, 1.54) is 56.3 Å². The highest BCUT2D eigenvalue weighted by Crippen LogP contribution is 2.40. The summed E-state index contributed by atoms with van der Waals surface area (Å²) in [6.07, 6.45) is 6.69. The molecule has 2 N–H and O–H groups in total. The van der Waals surface area contributed by atoms with E-state index in [1.807, 2.05) is 18.2 Å². The van der Waals surface area contributed by atoms with Crippen molar-refractivity contribution in [3.63, 3.8) is 0 Å². The number of hydrogen-bond donors (Lipinski definition) is 2. The fourth-order valence-corrected chi connectivity index (χ4v) is 10.1. The lowest BCUT2D eigenvalue weighted by Crippen LogP contribution is -2.46. The molecule has 2 aliphatic rings. The number of fused-ring (bicyclic) bond motifs is 1. The molecule has 6 heteroatoms. The van der Waals surface area contributed by atoms with Gasteiger partial charge in [-0.25, -0.2) is 0 Å². The highest BCUT2D eigenvalue weighted by molar-refractivity contribution is 6.80. The van der Waals surface area contributed by atoms with E-state index in [0.29, 0.717) is 23.3 Å². The number of carbonyl (C=O) groups is 1. The lowest BCUT2D eigenvalue weighted by atomic mass is 10.1. The quantitative estimate of drug-likeness (QED) is 0.813. The minimum atomic E-state index is -0.962. The average Bonchev–Trinajstić information content (AvgIpc) is 3.08.